The summed E-state index contributed by atoms with van der Waals surface area (Å²) in [5.41, 5.74) is 2.67. The Morgan fingerprint density at radius 3 is 1.95 bits per heavy atom. The van der Waals surface area contributed by atoms with E-state index in [1.165, 1.54) is 4.90 Å². The predicted octanol–water partition coefficient (Wildman–Crippen LogP) is 4.62. The fourth-order valence-corrected chi connectivity index (χ4v) is 4.81. The molecule has 4 amide bonds. The van der Waals surface area contributed by atoms with Crippen LogP contribution in [0.2, 0.25) is 0 Å². The van der Waals surface area contributed by atoms with Crippen LogP contribution in [0.4, 0.5) is 0 Å². The van der Waals surface area contributed by atoms with Crippen LogP contribution in [0.1, 0.15) is 64.4 Å². The van der Waals surface area contributed by atoms with Gasteiger partial charge in [-0.15, -0.1) is 0 Å². The summed E-state index contributed by atoms with van der Waals surface area (Å²) in [6.45, 7) is 3.04. The fraction of sp³-hybridized carbons (Fsp3) is 0.312. The number of nitrogens with zero attached hydrogens (tertiary/aromatic N) is 2. The molecule has 0 fully saturated rings. The lowest BCUT2D eigenvalue weighted by Crippen LogP contribution is -2.50. The Bertz CT molecular complexity index is 1260. The van der Waals surface area contributed by atoms with Gasteiger partial charge in [0.1, 0.15) is 6.04 Å². The van der Waals surface area contributed by atoms with Crippen LogP contribution in [-0.2, 0) is 22.6 Å². The highest BCUT2D eigenvalue weighted by Crippen LogP contribution is 2.23. The summed E-state index contributed by atoms with van der Waals surface area (Å²) in [5.74, 6) is -1.04. The number of benzene rings is 3. The standard InChI is InChI=1S/C32H35N3O4/c1-2-3-20-33-30(37)28(22-24-13-6-4-7-14-24)35(23-25-15-8-5-9-16-25)29(36)19-12-21-34-31(38)26-17-10-11-18-27(26)32(34)39/h4-11,13-18,28H,2-3,12,19-23H2,1H3,(H,33,37). The van der Waals surface area contributed by atoms with Gasteiger partial charge in [0, 0.05) is 32.5 Å². The first-order valence-electron chi connectivity index (χ1n) is 13.6. The van der Waals surface area contributed by atoms with Gasteiger partial charge in [-0.1, -0.05) is 86.1 Å². The van der Waals surface area contributed by atoms with Crippen molar-refractivity contribution in [2.24, 2.45) is 0 Å². The molecule has 1 aliphatic heterocycles. The minimum absolute atomic E-state index is 0.105. The van der Waals surface area contributed by atoms with Crippen LogP contribution in [0.25, 0.3) is 0 Å². The Morgan fingerprint density at radius 2 is 1.36 bits per heavy atom. The zero-order valence-corrected chi connectivity index (χ0v) is 22.3. The van der Waals surface area contributed by atoms with E-state index in [1.54, 1.807) is 29.2 Å². The smallest absolute Gasteiger partial charge is 0.261 e. The molecule has 3 aromatic rings. The highest BCUT2D eigenvalue weighted by Gasteiger charge is 2.35. The molecule has 0 aliphatic carbocycles. The van der Waals surface area contributed by atoms with E-state index in [9.17, 15) is 19.2 Å². The molecule has 0 aromatic heterocycles. The maximum Gasteiger partial charge on any atom is 0.261 e. The average Bonchev–Trinajstić information content (AvgIpc) is 3.21. The minimum Gasteiger partial charge on any atom is -0.354 e. The van der Waals surface area contributed by atoms with Crippen molar-refractivity contribution in [3.63, 3.8) is 0 Å². The summed E-state index contributed by atoms with van der Waals surface area (Å²) in [6.07, 6.45) is 2.61. The van der Waals surface area contributed by atoms with Gasteiger partial charge >= 0.3 is 0 Å². The Kier molecular flexibility index (Phi) is 9.62. The zero-order valence-electron chi connectivity index (χ0n) is 22.3. The average molecular weight is 526 g/mol. The number of rotatable bonds is 13. The van der Waals surface area contributed by atoms with Crippen LogP contribution < -0.4 is 5.32 Å². The van der Waals surface area contributed by atoms with Crippen molar-refractivity contribution >= 4 is 23.6 Å². The molecule has 1 aliphatic rings. The largest absolute Gasteiger partial charge is 0.354 e. The molecule has 7 nitrogen and oxygen atoms in total. The molecule has 3 aromatic carbocycles. The summed E-state index contributed by atoms with van der Waals surface area (Å²) < 4.78 is 0. The third kappa shape index (κ3) is 6.99. The molecular formula is C32H35N3O4. The Balaban J connectivity index is 1.51. The van der Waals surface area contributed by atoms with E-state index >= 15 is 0 Å². The number of hydrogen-bond acceptors (Lipinski definition) is 4. The number of carbonyl (C=O) groups excluding carboxylic acids is 4. The monoisotopic (exact) mass is 525 g/mol. The molecular weight excluding hydrogens is 490 g/mol. The van der Waals surface area contributed by atoms with Crippen molar-refractivity contribution in [2.75, 3.05) is 13.1 Å². The lowest BCUT2D eigenvalue weighted by molar-refractivity contribution is -0.141. The van der Waals surface area contributed by atoms with Crippen LogP contribution in [0.15, 0.2) is 84.9 Å². The molecule has 0 spiro atoms. The van der Waals surface area contributed by atoms with Gasteiger partial charge in [0.25, 0.3) is 11.8 Å². The van der Waals surface area contributed by atoms with E-state index < -0.39 is 6.04 Å². The topological polar surface area (TPSA) is 86.8 Å². The summed E-state index contributed by atoms with van der Waals surface area (Å²) in [7, 11) is 0. The Labute approximate surface area is 229 Å². The molecule has 1 heterocycles. The SMILES string of the molecule is CCCCNC(=O)C(Cc1ccccc1)N(Cc1ccccc1)C(=O)CCCN1C(=O)c2ccccc2C1=O. The van der Waals surface area contributed by atoms with Crippen molar-refractivity contribution in [3.05, 3.63) is 107 Å². The summed E-state index contributed by atoms with van der Waals surface area (Å²) in [5, 5.41) is 3.02. The Hall–Kier alpha value is -4.26. The fourth-order valence-electron chi connectivity index (χ4n) is 4.81. The Morgan fingerprint density at radius 1 is 0.795 bits per heavy atom. The highest BCUT2D eigenvalue weighted by atomic mass is 16.2. The van der Waals surface area contributed by atoms with Gasteiger partial charge in [0.2, 0.25) is 11.8 Å². The summed E-state index contributed by atoms with van der Waals surface area (Å²) in [4.78, 5) is 55.5. The van der Waals surface area contributed by atoms with Crippen LogP contribution in [0, 0.1) is 0 Å². The number of nitrogens with one attached hydrogen (secondary N) is 1. The van der Waals surface area contributed by atoms with Crippen molar-refractivity contribution in [1.29, 1.82) is 0 Å². The van der Waals surface area contributed by atoms with E-state index in [4.69, 9.17) is 0 Å². The minimum atomic E-state index is -0.698. The molecule has 0 saturated carbocycles. The van der Waals surface area contributed by atoms with Gasteiger partial charge in [-0.25, -0.2) is 0 Å². The van der Waals surface area contributed by atoms with E-state index in [-0.39, 0.29) is 43.1 Å². The molecule has 202 valence electrons. The van der Waals surface area contributed by atoms with Gasteiger partial charge in [-0.05, 0) is 36.1 Å². The van der Waals surface area contributed by atoms with Gasteiger partial charge in [-0.2, -0.15) is 0 Å². The lowest BCUT2D eigenvalue weighted by atomic mass is 10.0. The first-order chi connectivity index (χ1) is 19.0. The molecule has 4 rings (SSSR count). The molecule has 0 bridgehead atoms. The maximum absolute atomic E-state index is 13.7. The number of fused-ring (bicyclic) bond motifs is 1. The second kappa shape index (κ2) is 13.5. The summed E-state index contributed by atoms with van der Waals surface area (Å²) >= 11 is 0. The zero-order chi connectivity index (χ0) is 27.6. The third-order valence-corrected chi connectivity index (χ3v) is 6.95. The first-order valence-corrected chi connectivity index (χ1v) is 13.6. The van der Waals surface area contributed by atoms with E-state index in [1.807, 2.05) is 60.7 Å². The van der Waals surface area contributed by atoms with Gasteiger partial charge < -0.3 is 10.2 Å². The normalized spacial score (nSPS) is 13.2. The predicted molar refractivity (Wildman–Crippen MR) is 150 cm³/mol. The number of carbonyl (C=O) groups is 4. The molecule has 1 N–H and O–H groups in total. The van der Waals surface area contributed by atoms with Crippen LogP contribution in [0.5, 0.6) is 0 Å². The van der Waals surface area contributed by atoms with E-state index in [0.717, 1.165) is 24.0 Å². The number of imide groups is 1. The molecule has 0 radical (unpaired) electrons. The second-order valence-electron chi connectivity index (χ2n) is 9.77. The van der Waals surface area contributed by atoms with Crippen molar-refractivity contribution in [1.82, 2.24) is 15.1 Å². The van der Waals surface area contributed by atoms with Crippen molar-refractivity contribution in [3.8, 4) is 0 Å². The van der Waals surface area contributed by atoms with Gasteiger partial charge in [0.15, 0.2) is 0 Å². The molecule has 1 unspecified atom stereocenters. The maximum atomic E-state index is 13.7. The van der Waals surface area contributed by atoms with Crippen LogP contribution in [-0.4, -0.2) is 52.6 Å². The first kappa shape index (κ1) is 27.8. The summed E-state index contributed by atoms with van der Waals surface area (Å²) in [6, 6.07) is 25.4. The van der Waals surface area contributed by atoms with Crippen LogP contribution >= 0.6 is 0 Å². The van der Waals surface area contributed by atoms with Crippen LogP contribution in [0.3, 0.4) is 0 Å². The number of unbranched alkanes of at least 4 members (excludes halogenated alkanes) is 1. The highest BCUT2D eigenvalue weighted by molar-refractivity contribution is 6.21. The van der Waals surface area contributed by atoms with Crippen molar-refractivity contribution in [2.45, 2.75) is 51.6 Å². The van der Waals surface area contributed by atoms with E-state index in [2.05, 4.69) is 12.2 Å². The second-order valence-corrected chi connectivity index (χ2v) is 9.77. The number of amides is 4. The molecule has 39 heavy (non-hydrogen) atoms. The quantitative estimate of drug-likeness (QED) is 0.261. The van der Waals surface area contributed by atoms with Gasteiger partial charge in [0.05, 0.1) is 11.1 Å². The molecule has 1 atom stereocenters. The third-order valence-electron chi connectivity index (χ3n) is 6.95. The van der Waals surface area contributed by atoms with E-state index in [0.29, 0.717) is 30.5 Å². The molecule has 0 saturated heterocycles. The van der Waals surface area contributed by atoms with Crippen molar-refractivity contribution < 1.29 is 19.2 Å². The lowest BCUT2D eigenvalue weighted by Gasteiger charge is -2.32. The number of hydrogen-bond donors (Lipinski definition) is 1. The molecule has 7 heteroatoms. The van der Waals surface area contributed by atoms with Gasteiger partial charge in [-0.3, -0.25) is 24.1 Å².